The molecule has 3 aromatic rings. The average Bonchev–Trinajstić information content (AvgIpc) is 2.73. The molecule has 144 valence electrons. The second kappa shape index (κ2) is 7.67. The van der Waals surface area contributed by atoms with Gasteiger partial charge < -0.3 is 0 Å². The zero-order chi connectivity index (χ0) is 19.7. The quantitative estimate of drug-likeness (QED) is 0.680. The monoisotopic (exact) mass is 384 g/mol. The minimum atomic E-state index is -1.45. The van der Waals surface area contributed by atoms with E-state index in [4.69, 9.17) is 0 Å². The Kier molecular flexibility index (Phi) is 5.09. The number of rotatable bonds is 4. The summed E-state index contributed by atoms with van der Waals surface area (Å²) < 4.78 is 41.2. The molecule has 0 saturated carbocycles. The zero-order valence-electron chi connectivity index (χ0n) is 15.4. The molecule has 1 aliphatic rings. The van der Waals surface area contributed by atoms with Gasteiger partial charge in [0, 0.05) is 32.0 Å². The predicted molar refractivity (Wildman–Crippen MR) is 101 cm³/mol. The lowest BCUT2D eigenvalue weighted by molar-refractivity contribution is 0.305. The van der Waals surface area contributed by atoms with Crippen molar-refractivity contribution in [2.24, 2.45) is 0 Å². The van der Waals surface area contributed by atoms with Crippen LogP contribution < -0.4 is 0 Å². The zero-order valence-corrected chi connectivity index (χ0v) is 15.4. The van der Waals surface area contributed by atoms with Crippen molar-refractivity contribution >= 4 is 16.6 Å². The van der Waals surface area contributed by atoms with E-state index >= 15 is 0 Å². The van der Waals surface area contributed by atoms with Gasteiger partial charge in [-0.05, 0) is 43.0 Å². The first-order valence-corrected chi connectivity index (χ1v) is 9.15. The van der Waals surface area contributed by atoms with Crippen molar-refractivity contribution in [2.75, 3.05) is 19.6 Å². The lowest BCUT2D eigenvalue weighted by Crippen LogP contribution is -2.30. The molecule has 1 aliphatic heterocycles. The summed E-state index contributed by atoms with van der Waals surface area (Å²) in [4.78, 5) is 14.7. The van der Waals surface area contributed by atoms with Gasteiger partial charge in [-0.1, -0.05) is 12.1 Å². The maximum atomic E-state index is 14.1. The average molecular weight is 384 g/mol. The molecule has 4 nitrogen and oxygen atoms in total. The van der Waals surface area contributed by atoms with Gasteiger partial charge in [-0.3, -0.25) is 14.9 Å². The number of fused-ring (bicyclic) bond motifs is 1. The maximum Gasteiger partial charge on any atom is 0.198 e. The first-order valence-electron chi connectivity index (χ1n) is 9.15. The molecule has 3 heterocycles. The smallest absolute Gasteiger partial charge is 0.198 e. The second-order valence-electron chi connectivity index (χ2n) is 6.90. The lowest BCUT2D eigenvalue weighted by atomic mass is 10.0. The second-order valence-corrected chi connectivity index (χ2v) is 6.90. The minimum Gasteiger partial charge on any atom is -0.299 e. The molecular formula is C21H19F3N4. The summed E-state index contributed by atoms with van der Waals surface area (Å²) in [6.45, 7) is 3.49. The van der Waals surface area contributed by atoms with Crippen LogP contribution in [-0.4, -0.2) is 39.5 Å². The van der Waals surface area contributed by atoms with Crippen LogP contribution in [0.15, 0.2) is 36.7 Å². The fraction of sp³-hybridized carbons (Fsp3) is 0.286. The Morgan fingerprint density at radius 2 is 1.79 bits per heavy atom. The summed E-state index contributed by atoms with van der Waals surface area (Å²) in [5.41, 5.74) is 3.33. The summed E-state index contributed by atoms with van der Waals surface area (Å²) >= 11 is 0. The minimum absolute atomic E-state index is 0.0795. The number of aryl methyl sites for hydroxylation is 1. The third-order valence-electron chi connectivity index (χ3n) is 5.04. The summed E-state index contributed by atoms with van der Waals surface area (Å²) in [6.07, 6.45) is 6.59. The summed E-state index contributed by atoms with van der Waals surface area (Å²) in [5.74, 6) is -3.88. The van der Waals surface area contributed by atoms with E-state index in [2.05, 4.69) is 19.9 Å². The molecule has 7 heteroatoms. The molecule has 2 aromatic heterocycles. The van der Waals surface area contributed by atoms with E-state index < -0.39 is 17.5 Å². The molecule has 1 aromatic carbocycles. The molecule has 4 rings (SSSR count). The van der Waals surface area contributed by atoms with Gasteiger partial charge in [0.05, 0.1) is 16.7 Å². The number of nitrogens with zero attached hydrogens (tertiary/aromatic N) is 4. The van der Waals surface area contributed by atoms with Crippen molar-refractivity contribution in [3.63, 3.8) is 0 Å². The van der Waals surface area contributed by atoms with Crippen molar-refractivity contribution in [3.05, 3.63) is 71.1 Å². The van der Waals surface area contributed by atoms with Crippen molar-refractivity contribution in [3.8, 4) is 0 Å². The molecule has 0 saturated heterocycles. The molecule has 0 unspecified atom stereocenters. The van der Waals surface area contributed by atoms with Crippen LogP contribution in [0.25, 0.3) is 16.6 Å². The number of benzene rings is 1. The number of aromatic nitrogens is 3. The number of halogens is 3. The largest absolute Gasteiger partial charge is 0.299 e. The molecule has 0 atom stereocenters. The van der Waals surface area contributed by atoms with Crippen molar-refractivity contribution in [2.45, 2.75) is 19.8 Å². The van der Waals surface area contributed by atoms with Gasteiger partial charge in [0.2, 0.25) is 0 Å². The van der Waals surface area contributed by atoms with Crippen LogP contribution in [0.2, 0.25) is 0 Å². The molecule has 0 spiro atoms. The molecule has 0 bridgehead atoms. The highest BCUT2D eigenvalue weighted by Crippen LogP contribution is 2.26. The van der Waals surface area contributed by atoms with E-state index in [0.717, 1.165) is 24.0 Å². The topological polar surface area (TPSA) is 41.9 Å². The standard InChI is InChI=1S/C21H19F3N4/c1-13-18(22)19(23)20(24)21(27-13)15-5-10-28(11-6-15)9-4-14-2-3-16-17(12-14)26-8-7-25-16/h2-3,5,7-8,12H,4,6,9-11H2,1H3. The molecule has 0 fully saturated rings. The van der Waals surface area contributed by atoms with E-state index in [9.17, 15) is 13.2 Å². The van der Waals surface area contributed by atoms with E-state index in [-0.39, 0.29) is 11.4 Å². The third-order valence-corrected chi connectivity index (χ3v) is 5.04. The predicted octanol–water partition coefficient (Wildman–Crippen LogP) is 4.08. The Balaban J connectivity index is 1.43. The summed E-state index contributed by atoms with van der Waals surface area (Å²) in [5, 5.41) is 0. The van der Waals surface area contributed by atoms with Gasteiger partial charge in [-0.15, -0.1) is 0 Å². The Morgan fingerprint density at radius 3 is 2.54 bits per heavy atom. The van der Waals surface area contributed by atoms with Gasteiger partial charge in [0.1, 0.15) is 5.69 Å². The van der Waals surface area contributed by atoms with Crippen LogP contribution in [0.5, 0.6) is 0 Å². The molecule has 0 radical (unpaired) electrons. The van der Waals surface area contributed by atoms with Crippen molar-refractivity contribution in [1.29, 1.82) is 0 Å². The summed E-state index contributed by atoms with van der Waals surface area (Å²) in [6, 6.07) is 6.05. The highest BCUT2D eigenvalue weighted by Gasteiger charge is 2.22. The van der Waals surface area contributed by atoms with Crippen molar-refractivity contribution in [1.82, 2.24) is 19.9 Å². The highest BCUT2D eigenvalue weighted by atomic mass is 19.2. The summed E-state index contributed by atoms with van der Waals surface area (Å²) in [7, 11) is 0. The molecule has 0 amide bonds. The number of hydrogen-bond acceptors (Lipinski definition) is 4. The number of pyridine rings is 1. The van der Waals surface area contributed by atoms with Crippen molar-refractivity contribution < 1.29 is 13.2 Å². The molecular weight excluding hydrogens is 365 g/mol. The molecule has 28 heavy (non-hydrogen) atoms. The number of hydrogen-bond donors (Lipinski definition) is 0. The molecule has 0 N–H and O–H groups in total. The van der Waals surface area contributed by atoms with E-state index in [1.165, 1.54) is 12.5 Å². The van der Waals surface area contributed by atoms with E-state index in [0.29, 0.717) is 25.1 Å². The fourth-order valence-corrected chi connectivity index (χ4v) is 3.42. The van der Waals surface area contributed by atoms with Crippen LogP contribution >= 0.6 is 0 Å². The van der Waals surface area contributed by atoms with Crippen LogP contribution in [0.4, 0.5) is 13.2 Å². The Bertz CT molecular complexity index is 1060. The third kappa shape index (κ3) is 3.62. The lowest BCUT2D eigenvalue weighted by Gasteiger charge is -2.26. The van der Waals surface area contributed by atoms with Crippen LogP contribution in [0.1, 0.15) is 23.4 Å². The van der Waals surface area contributed by atoms with Gasteiger partial charge >= 0.3 is 0 Å². The van der Waals surface area contributed by atoms with Crippen LogP contribution in [0.3, 0.4) is 0 Å². The Hall–Kier alpha value is -2.80. The van der Waals surface area contributed by atoms with Crippen LogP contribution in [-0.2, 0) is 6.42 Å². The first-order chi connectivity index (χ1) is 13.5. The van der Waals surface area contributed by atoms with Crippen LogP contribution in [0, 0.1) is 24.4 Å². The van der Waals surface area contributed by atoms with Gasteiger partial charge in [0.15, 0.2) is 17.5 Å². The highest BCUT2D eigenvalue weighted by molar-refractivity contribution is 5.74. The Labute approximate surface area is 160 Å². The Morgan fingerprint density at radius 1 is 1.00 bits per heavy atom. The maximum absolute atomic E-state index is 14.1. The van der Waals surface area contributed by atoms with Gasteiger partial charge in [-0.25, -0.2) is 18.2 Å². The van der Waals surface area contributed by atoms with E-state index in [1.54, 1.807) is 12.4 Å². The normalized spacial score (nSPS) is 15.1. The molecule has 0 aliphatic carbocycles. The first kappa shape index (κ1) is 18.6. The van der Waals surface area contributed by atoms with E-state index in [1.807, 2.05) is 24.3 Å². The SMILES string of the molecule is Cc1nc(C2=CCN(CCc3ccc4nccnc4c3)CC2)c(F)c(F)c1F. The van der Waals surface area contributed by atoms with Gasteiger partial charge in [-0.2, -0.15) is 0 Å². The van der Waals surface area contributed by atoms with Gasteiger partial charge in [0.25, 0.3) is 0 Å². The fourth-order valence-electron chi connectivity index (χ4n) is 3.42.